The van der Waals surface area contributed by atoms with Crippen LogP contribution in [0.25, 0.3) is 0 Å². The highest BCUT2D eigenvalue weighted by Gasteiger charge is 2.09. The first-order valence-electron chi connectivity index (χ1n) is 4.74. The molecule has 0 aromatic heterocycles. The summed E-state index contributed by atoms with van der Waals surface area (Å²) in [6, 6.07) is 7.46. The Morgan fingerprint density at radius 1 is 1.36 bits per heavy atom. The number of nitrogens with two attached hydrogens (primary N) is 1. The number of para-hydroxylation sites is 1. The molecule has 0 aliphatic rings. The highest BCUT2D eigenvalue weighted by atomic mass is 35.5. The molecule has 0 aliphatic heterocycles. The van der Waals surface area contributed by atoms with E-state index in [0.717, 1.165) is 0 Å². The second-order valence-corrected chi connectivity index (χ2v) is 4.06. The molecular weight excluding hydrogens is 198 g/mol. The Bertz CT molecular complexity index is 288. The molecule has 1 aromatic rings. The molecule has 0 spiro atoms. The van der Waals surface area contributed by atoms with Gasteiger partial charge in [-0.1, -0.05) is 37.6 Å². The zero-order valence-corrected chi connectivity index (χ0v) is 9.29. The van der Waals surface area contributed by atoms with Gasteiger partial charge >= 0.3 is 0 Å². The van der Waals surface area contributed by atoms with Gasteiger partial charge in [0.2, 0.25) is 0 Å². The summed E-state index contributed by atoms with van der Waals surface area (Å²) in [5.41, 5.74) is 5.85. The number of hydrogen-bond acceptors (Lipinski definition) is 2. The highest BCUT2D eigenvalue weighted by Crippen LogP contribution is 2.23. The molecule has 14 heavy (non-hydrogen) atoms. The Balaban J connectivity index is 2.50. The van der Waals surface area contributed by atoms with Crippen LogP contribution in [0, 0.1) is 5.92 Å². The molecule has 1 atom stereocenters. The summed E-state index contributed by atoms with van der Waals surface area (Å²) in [5.74, 6) is 1.11. The Labute approximate surface area is 90.0 Å². The minimum absolute atomic E-state index is 0.0475. The highest BCUT2D eigenvalue weighted by molar-refractivity contribution is 6.32. The van der Waals surface area contributed by atoms with Crippen molar-refractivity contribution < 1.29 is 4.74 Å². The third-order valence-electron chi connectivity index (χ3n) is 2.12. The zero-order valence-electron chi connectivity index (χ0n) is 8.53. The van der Waals surface area contributed by atoms with E-state index >= 15 is 0 Å². The number of rotatable bonds is 4. The normalized spacial score (nSPS) is 12.9. The molecule has 0 saturated carbocycles. The van der Waals surface area contributed by atoms with Crippen LogP contribution in [-0.4, -0.2) is 12.6 Å². The van der Waals surface area contributed by atoms with Crippen LogP contribution in [0.2, 0.25) is 5.02 Å². The summed E-state index contributed by atoms with van der Waals surface area (Å²) in [6.07, 6.45) is 0. The molecule has 0 radical (unpaired) electrons. The lowest BCUT2D eigenvalue weighted by molar-refractivity contribution is 0.260. The molecule has 1 rings (SSSR count). The standard InChI is InChI=1S/C11H16ClNO/c1-8(2)10(13)7-14-11-6-4-3-5-9(11)12/h3-6,8,10H,7,13H2,1-2H3. The van der Waals surface area contributed by atoms with E-state index in [1.807, 2.05) is 18.2 Å². The first kappa shape index (κ1) is 11.3. The van der Waals surface area contributed by atoms with Crippen molar-refractivity contribution in [3.8, 4) is 5.75 Å². The number of ether oxygens (including phenoxy) is 1. The molecule has 0 amide bonds. The minimum Gasteiger partial charge on any atom is -0.490 e. The van der Waals surface area contributed by atoms with Crippen LogP contribution in [0.3, 0.4) is 0 Å². The molecule has 1 unspecified atom stereocenters. The molecule has 0 heterocycles. The van der Waals surface area contributed by atoms with Crippen molar-refractivity contribution in [3.05, 3.63) is 29.3 Å². The summed E-state index contributed by atoms with van der Waals surface area (Å²) >= 11 is 5.92. The summed E-state index contributed by atoms with van der Waals surface area (Å²) in [5, 5.41) is 0.628. The third kappa shape index (κ3) is 3.20. The zero-order chi connectivity index (χ0) is 10.6. The van der Waals surface area contributed by atoms with Gasteiger partial charge in [0.1, 0.15) is 12.4 Å². The number of benzene rings is 1. The van der Waals surface area contributed by atoms with Gasteiger partial charge in [0, 0.05) is 6.04 Å². The van der Waals surface area contributed by atoms with E-state index in [1.165, 1.54) is 0 Å². The fourth-order valence-corrected chi connectivity index (χ4v) is 1.13. The molecule has 0 fully saturated rings. The van der Waals surface area contributed by atoms with Crippen LogP contribution in [-0.2, 0) is 0 Å². The van der Waals surface area contributed by atoms with Crippen molar-refractivity contribution in [1.82, 2.24) is 0 Å². The molecule has 2 N–H and O–H groups in total. The van der Waals surface area contributed by atoms with Gasteiger partial charge in [0.25, 0.3) is 0 Å². The van der Waals surface area contributed by atoms with E-state index in [9.17, 15) is 0 Å². The largest absolute Gasteiger partial charge is 0.490 e. The van der Waals surface area contributed by atoms with Crippen molar-refractivity contribution in [2.75, 3.05) is 6.61 Å². The lowest BCUT2D eigenvalue weighted by atomic mass is 10.1. The van der Waals surface area contributed by atoms with E-state index in [2.05, 4.69) is 13.8 Å². The topological polar surface area (TPSA) is 35.2 Å². The van der Waals surface area contributed by atoms with Crippen LogP contribution in [0.5, 0.6) is 5.75 Å². The first-order chi connectivity index (χ1) is 6.61. The first-order valence-corrected chi connectivity index (χ1v) is 5.12. The summed E-state index contributed by atoms with van der Waals surface area (Å²) in [7, 11) is 0. The molecule has 3 heteroatoms. The van der Waals surface area contributed by atoms with Crippen LogP contribution >= 0.6 is 11.6 Å². The van der Waals surface area contributed by atoms with Crippen LogP contribution in [0.15, 0.2) is 24.3 Å². The maximum absolute atomic E-state index is 5.92. The smallest absolute Gasteiger partial charge is 0.137 e. The van der Waals surface area contributed by atoms with Crippen molar-refractivity contribution in [2.45, 2.75) is 19.9 Å². The molecular formula is C11H16ClNO. The lowest BCUT2D eigenvalue weighted by Crippen LogP contribution is -2.33. The quantitative estimate of drug-likeness (QED) is 0.835. The van der Waals surface area contributed by atoms with Gasteiger partial charge in [-0.2, -0.15) is 0 Å². The second-order valence-electron chi connectivity index (χ2n) is 3.65. The van der Waals surface area contributed by atoms with Gasteiger partial charge in [0.05, 0.1) is 5.02 Å². The average Bonchev–Trinajstić information content (AvgIpc) is 2.16. The average molecular weight is 214 g/mol. The van der Waals surface area contributed by atoms with Gasteiger partial charge in [-0.3, -0.25) is 0 Å². The van der Waals surface area contributed by atoms with E-state index in [-0.39, 0.29) is 6.04 Å². The Hall–Kier alpha value is -0.730. The molecule has 78 valence electrons. The van der Waals surface area contributed by atoms with Gasteiger partial charge in [-0.25, -0.2) is 0 Å². The molecule has 1 aromatic carbocycles. The Kier molecular flexibility index (Phi) is 4.23. The van der Waals surface area contributed by atoms with Crippen LogP contribution in [0.1, 0.15) is 13.8 Å². The van der Waals surface area contributed by atoms with Crippen LogP contribution < -0.4 is 10.5 Å². The lowest BCUT2D eigenvalue weighted by Gasteiger charge is -2.16. The Morgan fingerprint density at radius 2 is 2.00 bits per heavy atom. The monoisotopic (exact) mass is 213 g/mol. The second kappa shape index (κ2) is 5.23. The maximum atomic E-state index is 5.92. The minimum atomic E-state index is 0.0475. The van der Waals surface area contributed by atoms with Gasteiger partial charge < -0.3 is 10.5 Å². The fourth-order valence-electron chi connectivity index (χ4n) is 0.940. The van der Waals surface area contributed by atoms with Crippen molar-refractivity contribution >= 4 is 11.6 Å². The molecule has 0 aliphatic carbocycles. The van der Waals surface area contributed by atoms with E-state index < -0.39 is 0 Å². The Morgan fingerprint density at radius 3 is 2.57 bits per heavy atom. The predicted molar refractivity (Wildman–Crippen MR) is 59.8 cm³/mol. The predicted octanol–water partition coefficient (Wildman–Crippen LogP) is 2.70. The fraction of sp³-hybridized carbons (Fsp3) is 0.455. The van der Waals surface area contributed by atoms with E-state index in [0.29, 0.717) is 23.3 Å². The summed E-state index contributed by atoms with van der Waals surface area (Å²) in [6.45, 7) is 4.64. The molecule has 2 nitrogen and oxygen atoms in total. The van der Waals surface area contributed by atoms with Crippen molar-refractivity contribution in [2.24, 2.45) is 11.7 Å². The van der Waals surface area contributed by atoms with Gasteiger partial charge in [0.15, 0.2) is 0 Å². The molecule has 0 bridgehead atoms. The van der Waals surface area contributed by atoms with Gasteiger partial charge in [-0.05, 0) is 18.1 Å². The van der Waals surface area contributed by atoms with Crippen molar-refractivity contribution in [3.63, 3.8) is 0 Å². The summed E-state index contributed by atoms with van der Waals surface area (Å²) in [4.78, 5) is 0. The number of halogens is 1. The SMILES string of the molecule is CC(C)C(N)COc1ccccc1Cl. The van der Waals surface area contributed by atoms with E-state index in [1.54, 1.807) is 6.07 Å². The summed E-state index contributed by atoms with van der Waals surface area (Å²) < 4.78 is 5.50. The van der Waals surface area contributed by atoms with Crippen LogP contribution in [0.4, 0.5) is 0 Å². The van der Waals surface area contributed by atoms with Crippen molar-refractivity contribution in [1.29, 1.82) is 0 Å². The number of hydrogen-bond donors (Lipinski definition) is 1. The third-order valence-corrected chi connectivity index (χ3v) is 2.44. The van der Waals surface area contributed by atoms with Gasteiger partial charge in [-0.15, -0.1) is 0 Å². The molecule has 0 saturated heterocycles. The van der Waals surface area contributed by atoms with E-state index in [4.69, 9.17) is 22.1 Å². The maximum Gasteiger partial charge on any atom is 0.137 e.